The van der Waals surface area contributed by atoms with Gasteiger partial charge in [0.2, 0.25) is 0 Å². The summed E-state index contributed by atoms with van der Waals surface area (Å²) in [4.78, 5) is 0. The first kappa shape index (κ1) is 7.29. The van der Waals surface area contributed by atoms with Crippen LogP contribution < -0.4 is 5.32 Å². The van der Waals surface area contributed by atoms with Crippen molar-refractivity contribution >= 4 is 12.4 Å². The third-order valence-electron chi connectivity index (χ3n) is 2.27. The van der Waals surface area contributed by atoms with Gasteiger partial charge >= 0.3 is 0 Å². The van der Waals surface area contributed by atoms with Crippen molar-refractivity contribution in [2.24, 2.45) is 5.92 Å². The van der Waals surface area contributed by atoms with Crippen molar-refractivity contribution in [1.29, 1.82) is 0 Å². The lowest BCUT2D eigenvalue weighted by molar-refractivity contribution is 0.145. The van der Waals surface area contributed by atoms with E-state index in [-0.39, 0.29) is 12.4 Å². The summed E-state index contributed by atoms with van der Waals surface area (Å²) in [5, 5.41) is 2.87. The summed E-state index contributed by atoms with van der Waals surface area (Å²) < 4.78 is 13.0. The van der Waals surface area contributed by atoms with Crippen LogP contribution in [0.3, 0.4) is 0 Å². The van der Waals surface area contributed by atoms with Gasteiger partial charge in [0.05, 0.1) is 0 Å². The highest BCUT2D eigenvalue weighted by Gasteiger charge is 2.44. The van der Waals surface area contributed by atoms with Crippen molar-refractivity contribution < 1.29 is 4.39 Å². The van der Waals surface area contributed by atoms with Crippen molar-refractivity contribution in [3.63, 3.8) is 0 Å². The number of nitrogens with one attached hydrogen (secondary N) is 1. The van der Waals surface area contributed by atoms with Gasteiger partial charge in [-0.25, -0.2) is 4.39 Å². The number of halogens is 2. The fourth-order valence-corrected chi connectivity index (χ4v) is 1.76. The lowest BCUT2D eigenvalue weighted by atomic mass is 10.1. The summed E-state index contributed by atoms with van der Waals surface area (Å²) >= 11 is 0. The monoisotopic (exact) mass is 151 g/mol. The van der Waals surface area contributed by atoms with Gasteiger partial charge in [-0.3, -0.25) is 5.32 Å². The highest BCUT2D eigenvalue weighted by Crippen LogP contribution is 2.40. The predicted molar refractivity (Wildman–Crippen MR) is 36.4 cm³/mol. The first-order chi connectivity index (χ1) is 3.79. The number of alkyl halides is 1. The van der Waals surface area contributed by atoms with Gasteiger partial charge in [-0.15, -0.1) is 12.4 Å². The van der Waals surface area contributed by atoms with Crippen LogP contribution in [0.2, 0.25) is 0 Å². The van der Waals surface area contributed by atoms with Crippen LogP contribution in [0.4, 0.5) is 4.39 Å². The van der Waals surface area contributed by atoms with Gasteiger partial charge < -0.3 is 0 Å². The fourth-order valence-electron chi connectivity index (χ4n) is 1.76. The highest BCUT2D eigenvalue weighted by atomic mass is 35.5. The van der Waals surface area contributed by atoms with Gasteiger partial charge in [-0.05, 0) is 25.2 Å². The largest absolute Gasteiger partial charge is 0.285 e. The van der Waals surface area contributed by atoms with Gasteiger partial charge in [0.15, 0.2) is 5.79 Å². The Balaban J connectivity index is 0.000000405. The molecule has 1 saturated heterocycles. The summed E-state index contributed by atoms with van der Waals surface area (Å²) in [6.45, 7) is 0.913. The van der Waals surface area contributed by atoms with Crippen LogP contribution in [0, 0.1) is 5.92 Å². The molecule has 0 spiro atoms. The summed E-state index contributed by atoms with van der Waals surface area (Å²) in [5.41, 5.74) is 0. The van der Waals surface area contributed by atoms with Gasteiger partial charge in [0.1, 0.15) is 0 Å². The Morgan fingerprint density at radius 2 is 2.33 bits per heavy atom. The molecule has 2 fully saturated rings. The summed E-state index contributed by atoms with van der Waals surface area (Å²) in [6.07, 6.45) is 2.62. The average molecular weight is 152 g/mol. The molecule has 1 aliphatic carbocycles. The van der Waals surface area contributed by atoms with E-state index < -0.39 is 5.79 Å². The molecule has 54 valence electrons. The van der Waals surface area contributed by atoms with Crippen molar-refractivity contribution in [2.75, 3.05) is 6.54 Å². The second kappa shape index (κ2) is 2.10. The Hall–Kier alpha value is 0.180. The Bertz CT molecular complexity index is 110. The van der Waals surface area contributed by atoms with E-state index in [1.165, 1.54) is 0 Å². The molecule has 0 aromatic heterocycles. The van der Waals surface area contributed by atoms with E-state index in [2.05, 4.69) is 5.32 Å². The minimum Gasteiger partial charge on any atom is -0.285 e. The second-order valence-electron chi connectivity index (χ2n) is 2.96. The molecule has 2 atom stereocenters. The first-order valence-corrected chi connectivity index (χ1v) is 3.22. The van der Waals surface area contributed by atoms with Crippen LogP contribution in [0.25, 0.3) is 0 Å². The number of rotatable bonds is 0. The molecule has 1 nitrogen and oxygen atoms in total. The third kappa shape index (κ3) is 1.06. The molecule has 0 aromatic carbocycles. The zero-order chi connectivity index (χ0) is 5.61. The van der Waals surface area contributed by atoms with E-state index in [9.17, 15) is 4.39 Å². The van der Waals surface area contributed by atoms with Gasteiger partial charge in [0.25, 0.3) is 0 Å². The highest BCUT2D eigenvalue weighted by molar-refractivity contribution is 5.85. The van der Waals surface area contributed by atoms with Crippen LogP contribution in [-0.2, 0) is 0 Å². The van der Waals surface area contributed by atoms with Gasteiger partial charge in [-0.1, -0.05) is 0 Å². The zero-order valence-electron chi connectivity index (χ0n) is 5.19. The summed E-state index contributed by atoms with van der Waals surface area (Å²) in [7, 11) is 0. The lowest BCUT2D eigenvalue weighted by Crippen LogP contribution is -2.34. The molecule has 2 aliphatic rings. The van der Waals surface area contributed by atoms with Crippen LogP contribution in [0.5, 0.6) is 0 Å². The lowest BCUT2D eigenvalue weighted by Gasteiger charge is -2.16. The Labute approximate surface area is 60.4 Å². The molecular formula is C6H11ClFN. The molecule has 2 rings (SSSR count). The van der Waals surface area contributed by atoms with Crippen molar-refractivity contribution in [2.45, 2.75) is 25.1 Å². The van der Waals surface area contributed by atoms with Crippen LogP contribution in [0.1, 0.15) is 19.3 Å². The molecule has 1 aliphatic heterocycles. The van der Waals surface area contributed by atoms with E-state index in [4.69, 9.17) is 0 Å². The quantitative estimate of drug-likeness (QED) is 0.517. The van der Waals surface area contributed by atoms with Crippen LogP contribution in [-0.4, -0.2) is 12.3 Å². The molecule has 1 heterocycles. The Morgan fingerprint density at radius 3 is 2.44 bits per heavy atom. The molecule has 9 heavy (non-hydrogen) atoms. The smallest absolute Gasteiger partial charge is 0.162 e. The number of hydrogen-bond donors (Lipinski definition) is 1. The normalized spacial score (nSPS) is 47.0. The maximum Gasteiger partial charge on any atom is 0.162 e. The first-order valence-electron chi connectivity index (χ1n) is 3.22. The summed E-state index contributed by atoms with van der Waals surface area (Å²) in [6, 6.07) is 0. The SMILES string of the molecule is Cl.FC12CCC(CN1)C2. The van der Waals surface area contributed by atoms with Gasteiger partial charge in [0, 0.05) is 6.54 Å². The average Bonchev–Trinajstić information content (AvgIpc) is 2.21. The van der Waals surface area contributed by atoms with Crippen molar-refractivity contribution in [1.82, 2.24) is 5.32 Å². The molecular weight excluding hydrogens is 141 g/mol. The Kier molecular flexibility index (Phi) is 1.70. The minimum atomic E-state index is -0.940. The van der Waals surface area contributed by atoms with Crippen LogP contribution in [0.15, 0.2) is 0 Å². The molecule has 0 radical (unpaired) electrons. The molecule has 2 bridgehead atoms. The minimum absolute atomic E-state index is 0. The molecule has 1 N–H and O–H groups in total. The van der Waals surface area contributed by atoms with E-state index in [0.29, 0.717) is 5.92 Å². The maximum atomic E-state index is 13.0. The second-order valence-corrected chi connectivity index (χ2v) is 2.96. The number of piperidine rings is 1. The topological polar surface area (TPSA) is 12.0 Å². The van der Waals surface area contributed by atoms with E-state index in [1.54, 1.807) is 0 Å². The number of fused-ring (bicyclic) bond motifs is 2. The predicted octanol–water partition coefficient (Wildman–Crippen LogP) is 1.48. The van der Waals surface area contributed by atoms with E-state index >= 15 is 0 Å². The molecule has 0 aromatic rings. The standard InChI is InChI=1S/C6H10FN.ClH/c7-6-2-1-5(3-6)4-8-6;/h5,8H,1-4H2;1H. The Morgan fingerprint density at radius 1 is 1.56 bits per heavy atom. The fraction of sp³-hybridized carbons (Fsp3) is 1.00. The molecule has 2 unspecified atom stereocenters. The number of hydrogen-bond acceptors (Lipinski definition) is 1. The van der Waals surface area contributed by atoms with E-state index in [0.717, 1.165) is 25.8 Å². The molecule has 0 amide bonds. The third-order valence-corrected chi connectivity index (χ3v) is 2.27. The molecule has 3 heteroatoms. The van der Waals surface area contributed by atoms with E-state index in [1.807, 2.05) is 0 Å². The van der Waals surface area contributed by atoms with Crippen molar-refractivity contribution in [3.8, 4) is 0 Å². The van der Waals surface area contributed by atoms with Crippen LogP contribution >= 0.6 is 12.4 Å². The summed E-state index contributed by atoms with van der Waals surface area (Å²) in [5.74, 6) is -0.287. The maximum absolute atomic E-state index is 13.0. The zero-order valence-corrected chi connectivity index (χ0v) is 6.01. The molecule has 1 saturated carbocycles. The van der Waals surface area contributed by atoms with Crippen molar-refractivity contribution in [3.05, 3.63) is 0 Å². The van der Waals surface area contributed by atoms with Gasteiger partial charge in [-0.2, -0.15) is 0 Å².